The lowest BCUT2D eigenvalue weighted by Gasteiger charge is -2.20. The topological polar surface area (TPSA) is 66.5 Å². The van der Waals surface area contributed by atoms with Gasteiger partial charge in [0.15, 0.2) is 0 Å². The van der Waals surface area contributed by atoms with Crippen LogP contribution in [0.25, 0.3) is 10.8 Å². The number of amides is 1. The summed E-state index contributed by atoms with van der Waals surface area (Å²) in [6.07, 6.45) is 1.75. The van der Waals surface area contributed by atoms with Crippen molar-refractivity contribution in [2.75, 3.05) is 18.4 Å². The van der Waals surface area contributed by atoms with Gasteiger partial charge in [-0.05, 0) is 42.1 Å². The van der Waals surface area contributed by atoms with Crippen LogP contribution in [0.15, 0.2) is 71.6 Å². The zero-order valence-electron chi connectivity index (χ0n) is 16.8. The molecule has 0 spiro atoms. The summed E-state index contributed by atoms with van der Waals surface area (Å²) in [5.41, 5.74) is 1.13. The van der Waals surface area contributed by atoms with Crippen LogP contribution in [0.2, 0.25) is 0 Å². The summed E-state index contributed by atoms with van der Waals surface area (Å²) >= 11 is 0. The first-order valence-electron chi connectivity index (χ1n) is 9.86. The van der Waals surface area contributed by atoms with Gasteiger partial charge in [0.05, 0.1) is 4.90 Å². The van der Waals surface area contributed by atoms with Gasteiger partial charge in [0.1, 0.15) is 0 Å². The van der Waals surface area contributed by atoms with Gasteiger partial charge in [0, 0.05) is 29.7 Å². The third-order valence-electron chi connectivity index (χ3n) is 4.91. The average Bonchev–Trinajstić information content (AvgIpc) is 2.74. The molecule has 0 aromatic heterocycles. The molecular formula is C23H26N2O3S. The van der Waals surface area contributed by atoms with E-state index in [1.54, 1.807) is 12.1 Å². The molecule has 6 heteroatoms. The molecule has 0 saturated carbocycles. The van der Waals surface area contributed by atoms with Crippen LogP contribution in [0.4, 0.5) is 5.69 Å². The number of anilines is 1. The summed E-state index contributed by atoms with van der Waals surface area (Å²) in [6.45, 7) is 4.79. The zero-order chi connectivity index (χ0) is 20.9. The molecule has 0 bridgehead atoms. The van der Waals surface area contributed by atoms with Crippen LogP contribution >= 0.6 is 0 Å². The second kappa shape index (κ2) is 9.20. The van der Waals surface area contributed by atoms with Crippen LogP contribution in [0, 0.1) is 0 Å². The van der Waals surface area contributed by atoms with Crippen LogP contribution in [0.5, 0.6) is 0 Å². The highest BCUT2D eigenvalue weighted by molar-refractivity contribution is 7.89. The smallest absolute Gasteiger partial charge is 0.255 e. The van der Waals surface area contributed by atoms with Crippen molar-refractivity contribution in [2.24, 2.45) is 0 Å². The predicted octanol–water partition coefficient (Wildman–Crippen LogP) is 4.90. The summed E-state index contributed by atoms with van der Waals surface area (Å²) in [5, 5.41) is 4.92. The molecule has 152 valence electrons. The fourth-order valence-corrected chi connectivity index (χ4v) is 4.73. The highest BCUT2D eigenvalue weighted by Crippen LogP contribution is 2.24. The van der Waals surface area contributed by atoms with Crippen LogP contribution in [0.1, 0.15) is 37.0 Å². The van der Waals surface area contributed by atoms with Crippen LogP contribution in [0.3, 0.4) is 0 Å². The van der Waals surface area contributed by atoms with E-state index in [1.807, 2.05) is 56.3 Å². The van der Waals surface area contributed by atoms with Crippen molar-refractivity contribution < 1.29 is 13.2 Å². The van der Waals surface area contributed by atoms with Crippen LogP contribution < -0.4 is 5.32 Å². The number of hydrogen-bond acceptors (Lipinski definition) is 3. The molecule has 0 saturated heterocycles. The average molecular weight is 411 g/mol. The minimum absolute atomic E-state index is 0.206. The van der Waals surface area contributed by atoms with Crippen molar-refractivity contribution in [3.63, 3.8) is 0 Å². The normalized spacial score (nSPS) is 11.7. The second-order valence-electron chi connectivity index (χ2n) is 6.86. The number of sulfonamides is 1. The lowest BCUT2D eigenvalue weighted by atomic mass is 10.1. The fourth-order valence-electron chi connectivity index (χ4n) is 3.24. The Morgan fingerprint density at radius 2 is 1.62 bits per heavy atom. The first-order chi connectivity index (χ1) is 14.0. The molecule has 0 radical (unpaired) electrons. The summed E-state index contributed by atoms with van der Waals surface area (Å²) in [7, 11) is -3.55. The van der Waals surface area contributed by atoms with E-state index < -0.39 is 10.0 Å². The number of carbonyl (C=O) groups excluding carboxylic acids is 1. The third kappa shape index (κ3) is 4.66. The van der Waals surface area contributed by atoms with E-state index in [0.717, 1.165) is 29.3 Å². The van der Waals surface area contributed by atoms with Gasteiger partial charge in [-0.15, -0.1) is 0 Å². The van der Waals surface area contributed by atoms with Crippen molar-refractivity contribution in [2.45, 2.75) is 31.6 Å². The number of nitrogens with one attached hydrogen (secondary N) is 1. The Morgan fingerprint density at radius 3 is 2.31 bits per heavy atom. The number of benzene rings is 3. The summed E-state index contributed by atoms with van der Waals surface area (Å²) < 4.78 is 27.1. The van der Waals surface area contributed by atoms with E-state index in [1.165, 1.54) is 16.4 Å². The van der Waals surface area contributed by atoms with Gasteiger partial charge in [0.25, 0.3) is 5.91 Å². The molecule has 0 unspecified atom stereocenters. The molecule has 0 aliphatic carbocycles. The number of unbranched alkanes of at least 4 members (excludes halogenated alkanes) is 1. The van der Waals surface area contributed by atoms with Crippen molar-refractivity contribution in [3.05, 3.63) is 72.3 Å². The quantitative estimate of drug-likeness (QED) is 0.574. The Kier molecular flexibility index (Phi) is 6.67. The lowest BCUT2D eigenvalue weighted by Crippen LogP contribution is -2.31. The molecule has 5 nitrogen and oxygen atoms in total. The molecule has 1 amide bonds. The fraction of sp³-hybridized carbons (Fsp3) is 0.261. The van der Waals surface area contributed by atoms with E-state index >= 15 is 0 Å². The van der Waals surface area contributed by atoms with Gasteiger partial charge in [-0.2, -0.15) is 4.31 Å². The third-order valence-corrected chi connectivity index (χ3v) is 6.89. The highest BCUT2D eigenvalue weighted by atomic mass is 32.2. The van der Waals surface area contributed by atoms with Crippen molar-refractivity contribution in [1.29, 1.82) is 0 Å². The Bertz CT molecular complexity index is 1090. The van der Waals surface area contributed by atoms with Crippen molar-refractivity contribution >= 4 is 32.4 Å². The number of carbonyl (C=O) groups is 1. The minimum atomic E-state index is -3.55. The van der Waals surface area contributed by atoms with E-state index in [-0.39, 0.29) is 10.8 Å². The molecule has 0 heterocycles. The Morgan fingerprint density at radius 1 is 0.931 bits per heavy atom. The maximum Gasteiger partial charge on any atom is 0.255 e. The molecule has 1 N–H and O–H groups in total. The number of fused-ring (bicyclic) bond motifs is 1. The van der Waals surface area contributed by atoms with E-state index in [2.05, 4.69) is 5.32 Å². The SMILES string of the molecule is CCCCN(CC)S(=O)(=O)c1ccc(C(=O)Nc2cccc3ccccc23)cc1. The lowest BCUT2D eigenvalue weighted by molar-refractivity contribution is 0.102. The zero-order valence-corrected chi connectivity index (χ0v) is 17.6. The Hall–Kier alpha value is -2.70. The van der Waals surface area contributed by atoms with Gasteiger partial charge in [-0.25, -0.2) is 8.42 Å². The van der Waals surface area contributed by atoms with Crippen LogP contribution in [-0.2, 0) is 10.0 Å². The maximum absolute atomic E-state index is 12.8. The first kappa shape index (κ1) is 21.0. The molecule has 0 atom stereocenters. The van der Waals surface area contributed by atoms with E-state index in [4.69, 9.17) is 0 Å². The Balaban J connectivity index is 1.80. The van der Waals surface area contributed by atoms with Crippen LogP contribution in [-0.4, -0.2) is 31.7 Å². The minimum Gasteiger partial charge on any atom is -0.321 e. The standard InChI is InChI=1S/C23H26N2O3S/c1-3-5-17-25(4-2)29(27,28)20-15-13-19(14-16-20)23(26)24-22-12-8-10-18-9-6-7-11-21(18)22/h6-16H,3-5,17H2,1-2H3,(H,24,26). The molecular weight excluding hydrogens is 384 g/mol. The molecule has 3 rings (SSSR count). The second-order valence-corrected chi connectivity index (χ2v) is 8.79. The Labute approximate surface area is 172 Å². The van der Waals surface area contributed by atoms with Gasteiger partial charge >= 0.3 is 0 Å². The highest BCUT2D eigenvalue weighted by Gasteiger charge is 2.22. The maximum atomic E-state index is 12.8. The molecule has 3 aromatic carbocycles. The first-order valence-corrected chi connectivity index (χ1v) is 11.3. The van der Waals surface area contributed by atoms with Gasteiger partial charge < -0.3 is 5.32 Å². The molecule has 0 aliphatic rings. The largest absolute Gasteiger partial charge is 0.321 e. The molecule has 0 aliphatic heterocycles. The summed E-state index contributed by atoms with van der Waals surface area (Å²) in [4.78, 5) is 12.9. The number of nitrogens with zero attached hydrogens (tertiary/aromatic N) is 1. The van der Waals surface area contributed by atoms with Gasteiger partial charge in [0.2, 0.25) is 10.0 Å². The predicted molar refractivity (Wildman–Crippen MR) is 118 cm³/mol. The van der Waals surface area contributed by atoms with Crippen molar-refractivity contribution in [3.8, 4) is 0 Å². The van der Waals surface area contributed by atoms with Crippen molar-refractivity contribution in [1.82, 2.24) is 4.31 Å². The van der Waals surface area contributed by atoms with E-state index in [0.29, 0.717) is 18.7 Å². The molecule has 0 fully saturated rings. The molecule has 29 heavy (non-hydrogen) atoms. The number of rotatable bonds is 8. The monoisotopic (exact) mass is 410 g/mol. The van der Waals surface area contributed by atoms with Gasteiger partial charge in [-0.3, -0.25) is 4.79 Å². The molecule has 3 aromatic rings. The van der Waals surface area contributed by atoms with E-state index in [9.17, 15) is 13.2 Å². The number of hydrogen-bond donors (Lipinski definition) is 1. The van der Waals surface area contributed by atoms with Gasteiger partial charge in [-0.1, -0.05) is 56.7 Å². The summed E-state index contributed by atoms with van der Waals surface area (Å²) in [6, 6.07) is 19.7. The summed E-state index contributed by atoms with van der Waals surface area (Å²) in [5.74, 6) is -0.274.